The van der Waals surface area contributed by atoms with Gasteiger partial charge in [0.1, 0.15) is 26.0 Å². The van der Waals surface area contributed by atoms with Crippen LogP contribution in [0.2, 0.25) is 0 Å². The Labute approximate surface area is 266 Å². The van der Waals surface area contributed by atoms with Crippen molar-refractivity contribution in [3.63, 3.8) is 0 Å². The van der Waals surface area contributed by atoms with Crippen LogP contribution in [-0.2, 0) is 30.4 Å². The van der Waals surface area contributed by atoms with E-state index in [2.05, 4.69) is 44.6 Å². The molecule has 3 N–H and O–H groups in total. The third-order valence-corrected chi connectivity index (χ3v) is 6.88. The van der Waals surface area contributed by atoms with E-state index in [1.54, 1.807) is 11.6 Å². The van der Waals surface area contributed by atoms with Crippen LogP contribution >= 0.6 is 0 Å². The van der Waals surface area contributed by atoms with Gasteiger partial charge in [-0.3, -0.25) is 4.57 Å². The molecular weight excluding hydrogens is 580 g/mol. The van der Waals surface area contributed by atoms with E-state index >= 15 is 0 Å². The minimum absolute atomic E-state index is 0.0281. The second-order valence-corrected chi connectivity index (χ2v) is 10.6. The van der Waals surface area contributed by atoms with Gasteiger partial charge in [-0.15, -0.1) is 0 Å². The zero-order valence-electron chi connectivity index (χ0n) is 27.2. The highest BCUT2D eigenvalue weighted by Gasteiger charge is 2.19. The van der Waals surface area contributed by atoms with Gasteiger partial charge in [-0.1, -0.05) is 62.8 Å². The number of unbranched alkanes of at least 4 members (excludes halogenated alkanes) is 10. The maximum Gasteiger partial charge on any atom is 0.508 e. The van der Waals surface area contributed by atoms with E-state index in [0.717, 1.165) is 77.0 Å². The Morgan fingerprint density at radius 2 is 1.36 bits per heavy atom. The molecule has 13 nitrogen and oxygen atoms in total. The molecule has 0 unspecified atom stereocenters. The highest BCUT2D eigenvalue weighted by molar-refractivity contribution is 5.83. The maximum absolute atomic E-state index is 12.2. The van der Waals surface area contributed by atoms with Crippen molar-refractivity contribution >= 4 is 35.2 Å². The molecule has 45 heavy (non-hydrogen) atoms. The van der Waals surface area contributed by atoms with Gasteiger partial charge < -0.3 is 34.7 Å². The molecule has 2 aromatic rings. The van der Waals surface area contributed by atoms with Crippen molar-refractivity contribution in [3.05, 3.63) is 30.6 Å². The van der Waals surface area contributed by atoms with Crippen LogP contribution in [0.1, 0.15) is 90.9 Å². The van der Waals surface area contributed by atoms with Crippen LogP contribution < -0.4 is 11.1 Å². The molecule has 0 amide bonds. The largest absolute Gasteiger partial charge is 0.508 e. The van der Waals surface area contributed by atoms with Crippen LogP contribution in [0, 0.1) is 0 Å². The quantitative estimate of drug-likeness (QED) is 0.0698. The van der Waals surface area contributed by atoms with Crippen LogP contribution in [0.15, 0.2) is 30.6 Å². The molecule has 13 heteroatoms. The molecule has 2 aromatic heterocycles. The number of ether oxygens (including phenoxy) is 5. The molecule has 0 saturated heterocycles. The number of nitrogens with one attached hydrogen (secondary N) is 1. The van der Waals surface area contributed by atoms with E-state index in [1.807, 2.05) is 13.8 Å². The molecule has 0 radical (unpaired) electrons. The van der Waals surface area contributed by atoms with Gasteiger partial charge in [-0.25, -0.2) is 14.6 Å². The number of nitrogen functional groups attached to an aromatic ring is 1. The van der Waals surface area contributed by atoms with E-state index in [-0.39, 0.29) is 39.1 Å². The van der Waals surface area contributed by atoms with Crippen LogP contribution in [0.25, 0.3) is 11.2 Å². The summed E-state index contributed by atoms with van der Waals surface area (Å²) in [5, 5.41) is 2.94. The summed E-state index contributed by atoms with van der Waals surface area (Å²) in [7, 11) is 1.71. The molecule has 0 aliphatic carbocycles. The molecule has 2 heterocycles. The molecule has 0 aliphatic heterocycles. The van der Waals surface area contributed by atoms with Gasteiger partial charge in [-0.05, 0) is 52.4 Å². The summed E-state index contributed by atoms with van der Waals surface area (Å²) in [6.07, 6.45) is 20.0. The third-order valence-electron chi connectivity index (χ3n) is 6.88. The van der Waals surface area contributed by atoms with E-state index in [4.69, 9.17) is 29.4 Å². The number of nitrogens with zero attached hydrogens (tertiary/aromatic N) is 4. The summed E-state index contributed by atoms with van der Waals surface area (Å²) in [5.74, 6) is 0.553. The summed E-state index contributed by atoms with van der Waals surface area (Å²) < 4.78 is 28.5. The number of aromatic nitrogens is 4. The molecule has 2 rings (SSSR count). The highest BCUT2D eigenvalue weighted by atomic mass is 16.7. The lowest BCUT2D eigenvalue weighted by Crippen LogP contribution is -2.30. The lowest BCUT2D eigenvalue weighted by Gasteiger charge is -2.18. The summed E-state index contributed by atoms with van der Waals surface area (Å²) >= 11 is 0. The molecule has 0 spiro atoms. The van der Waals surface area contributed by atoms with Crippen LogP contribution in [0.4, 0.5) is 21.4 Å². The molecule has 0 fully saturated rings. The highest BCUT2D eigenvalue weighted by Crippen LogP contribution is 2.19. The van der Waals surface area contributed by atoms with Crippen LogP contribution in [0.3, 0.4) is 0 Å². The Morgan fingerprint density at radius 3 is 1.89 bits per heavy atom. The number of imidazole rings is 1. The number of fused-ring (bicyclic) bond motifs is 1. The average Bonchev–Trinajstić information content (AvgIpc) is 3.44. The molecule has 252 valence electrons. The summed E-state index contributed by atoms with van der Waals surface area (Å²) in [6, 6.07) is 0. The molecule has 0 aliphatic rings. The van der Waals surface area contributed by atoms with Gasteiger partial charge in [0, 0.05) is 7.05 Å². The molecule has 0 atom stereocenters. The zero-order valence-corrected chi connectivity index (χ0v) is 27.2. The first-order valence-electron chi connectivity index (χ1n) is 16.1. The first kappa shape index (κ1) is 37.3. The Kier molecular flexibility index (Phi) is 19.5. The average molecular weight is 633 g/mol. The van der Waals surface area contributed by atoms with Gasteiger partial charge in [0.15, 0.2) is 17.0 Å². The van der Waals surface area contributed by atoms with Crippen molar-refractivity contribution in [2.45, 2.75) is 104 Å². The predicted octanol–water partition coefficient (Wildman–Crippen LogP) is 6.93. The standard InChI is InChI=1S/C32H52N6O7/c1-4-6-8-10-12-14-16-18-20-41-31(39)43-22-26(23-44-32(40)42-21-19-17-15-13-11-9-7-5-2)45-25-38-24-35-27-28(34-3)36-30(33)37-29(27)38/h4-7,24,26H,8-23,25H2,1-3H3,(H3,33,34,36,37). The minimum atomic E-state index is -0.808. The third kappa shape index (κ3) is 16.1. The lowest BCUT2D eigenvalue weighted by molar-refractivity contribution is -0.0712. The molecule has 0 saturated carbocycles. The van der Waals surface area contributed by atoms with Crippen molar-refractivity contribution in [1.29, 1.82) is 0 Å². The number of hydrogen-bond donors (Lipinski definition) is 2. The number of carbonyl (C=O) groups is 2. The van der Waals surface area contributed by atoms with Gasteiger partial charge >= 0.3 is 12.3 Å². The predicted molar refractivity (Wildman–Crippen MR) is 174 cm³/mol. The van der Waals surface area contributed by atoms with Gasteiger partial charge in [-0.2, -0.15) is 9.97 Å². The van der Waals surface area contributed by atoms with Gasteiger partial charge in [0.25, 0.3) is 0 Å². The van der Waals surface area contributed by atoms with Crippen molar-refractivity contribution in [1.82, 2.24) is 19.5 Å². The van der Waals surface area contributed by atoms with E-state index < -0.39 is 18.4 Å². The number of carbonyl (C=O) groups excluding carboxylic acids is 2. The fourth-order valence-corrected chi connectivity index (χ4v) is 4.40. The second-order valence-electron chi connectivity index (χ2n) is 10.6. The van der Waals surface area contributed by atoms with Crippen LogP contribution in [-0.4, -0.2) is 71.4 Å². The number of allylic oxidation sites excluding steroid dienone is 4. The Hall–Kier alpha value is -3.87. The summed E-state index contributed by atoms with van der Waals surface area (Å²) in [5.41, 5.74) is 6.81. The number of nitrogens with two attached hydrogens (primary N) is 1. The number of rotatable bonds is 24. The van der Waals surface area contributed by atoms with Crippen molar-refractivity contribution in [3.8, 4) is 0 Å². The van der Waals surface area contributed by atoms with E-state index in [9.17, 15) is 9.59 Å². The zero-order chi connectivity index (χ0) is 32.5. The number of hydrogen-bond acceptors (Lipinski definition) is 12. The maximum atomic E-state index is 12.2. The SMILES string of the molecule is CC=CCCCCCCCOC(=O)OCC(COC(=O)OCCCCCCCC=CC)OCn1cnc2c(NC)nc(N)nc21. The molecular formula is C32H52N6O7. The van der Waals surface area contributed by atoms with Gasteiger partial charge in [0.05, 0.1) is 19.5 Å². The van der Waals surface area contributed by atoms with Crippen molar-refractivity contribution in [2.24, 2.45) is 0 Å². The number of anilines is 2. The molecule has 0 bridgehead atoms. The Balaban J connectivity index is 1.80. The van der Waals surface area contributed by atoms with E-state index in [1.165, 1.54) is 6.33 Å². The van der Waals surface area contributed by atoms with Gasteiger partial charge in [0.2, 0.25) is 5.95 Å². The lowest BCUT2D eigenvalue weighted by atomic mass is 10.1. The summed E-state index contributed by atoms with van der Waals surface area (Å²) in [6.45, 7) is 4.17. The smallest absolute Gasteiger partial charge is 0.434 e. The Morgan fingerprint density at radius 1 is 0.822 bits per heavy atom. The monoisotopic (exact) mass is 632 g/mol. The van der Waals surface area contributed by atoms with Crippen LogP contribution in [0.5, 0.6) is 0 Å². The topological polar surface area (TPSA) is 162 Å². The van der Waals surface area contributed by atoms with Crippen molar-refractivity contribution < 1.29 is 33.3 Å². The second kappa shape index (κ2) is 23.5. The fraction of sp³-hybridized carbons (Fsp3) is 0.656. The normalized spacial score (nSPS) is 12.2. The van der Waals surface area contributed by atoms with Crippen molar-refractivity contribution in [2.75, 3.05) is 44.5 Å². The first-order valence-corrected chi connectivity index (χ1v) is 16.1. The first-order chi connectivity index (χ1) is 22.0. The van der Waals surface area contributed by atoms with E-state index in [0.29, 0.717) is 17.0 Å². The Bertz CT molecular complexity index is 1130. The minimum Gasteiger partial charge on any atom is -0.434 e. The summed E-state index contributed by atoms with van der Waals surface area (Å²) in [4.78, 5) is 37.1. The fourth-order valence-electron chi connectivity index (χ4n) is 4.40. The molecule has 0 aromatic carbocycles.